The molecule has 0 spiro atoms. The molecule has 1 N–H and O–H groups in total. The van der Waals surface area contributed by atoms with Gasteiger partial charge in [0.15, 0.2) is 0 Å². The molecule has 1 unspecified atom stereocenters. The third kappa shape index (κ3) is 5.17. The van der Waals surface area contributed by atoms with Crippen molar-refractivity contribution in [3.63, 3.8) is 0 Å². The summed E-state index contributed by atoms with van der Waals surface area (Å²) in [6.07, 6.45) is 0. The lowest BCUT2D eigenvalue weighted by atomic mass is 10.8. The molecule has 74 valence electrons. The van der Waals surface area contributed by atoms with Crippen LogP contribution in [-0.2, 0) is 13.1 Å². The van der Waals surface area contributed by atoms with Crippen LogP contribution in [0.1, 0.15) is 20.8 Å². The van der Waals surface area contributed by atoms with Crippen LogP contribution in [0.5, 0.6) is 0 Å². The van der Waals surface area contributed by atoms with Crippen molar-refractivity contribution in [1.82, 2.24) is 5.09 Å². The lowest BCUT2D eigenvalue weighted by Crippen LogP contribution is -2.12. The first-order chi connectivity index (χ1) is 5.68. The molecule has 0 rings (SSSR count). The predicted molar refractivity (Wildman–Crippen MR) is 52.1 cm³/mol. The highest BCUT2D eigenvalue weighted by Crippen LogP contribution is 2.46. The van der Waals surface area contributed by atoms with Gasteiger partial charge in [-0.25, -0.2) is 13.6 Å². The third-order valence-corrected chi connectivity index (χ3v) is 3.66. The van der Waals surface area contributed by atoms with Gasteiger partial charge in [-0.15, -0.1) is 0 Å². The lowest BCUT2D eigenvalue weighted by Gasteiger charge is -2.15. The highest BCUT2D eigenvalue weighted by atomic mass is 32.2. The van der Waals surface area contributed by atoms with Crippen LogP contribution >= 0.6 is 19.8 Å². The van der Waals surface area contributed by atoms with Crippen LogP contribution in [0.4, 0.5) is 0 Å². The van der Waals surface area contributed by atoms with Gasteiger partial charge in [-0.2, -0.15) is 0 Å². The standard InChI is InChI=1S/C6H16NO3PS/c1-4-7-11(8,9-5-2)10-12-6-3/h4-6H2,1-3H3,(H,7,8). The van der Waals surface area contributed by atoms with Crippen LogP contribution < -0.4 is 5.09 Å². The van der Waals surface area contributed by atoms with Gasteiger partial charge in [0.25, 0.3) is 0 Å². The predicted octanol–water partition coefficient (Wildman–Crippen LogP) is 2.43. The maximum absolute atomic E-state index is 11.6. The minimum atomic E-state index is -3.02. The minimum absolute atomic E-state index is 0.383. The van der Waals surface area contributed by atoms with Gasteiger partial charge in [-0.05, 0) is 6.92 Å². The Balaban J connectivity index is 3.90. The fraction of sp³-hybridized carbons (Fsp3) is 1.00. The summed E-state index contributed by atoms with van der Waals surface area (Å²) in [5.41, 5.74) is 0. The fourth-order valence-electron chi connectivity index (χ4n) is 0.579. The summed E-state index contributed by atoms with van der Waals surface area (Å²) in [5.74, 6) is 0.752. The Morgan fingerprint density at radius 2 is 2.08 bits per heavy atom. The second-order valence-electron chi connectivity index (χ2n) is 1.91. The molecule has 0 heterocycles. The number of hydrogen-bond donors (Lipinski definition) is 1. The van der Waals surface area contributed by atoms with Crippen molar-refractivity contribution in [2.45, 2.75) is 20.8 Å². The largest absolute Gasteiger partial charge is 0.416 e. The van der Waals surface area contributed by atoms with Gasteiger partial charge in [0.2, 0.25) is 0 Å². The molecule has 0 aromatic heterocycles. The van der Waals surface area contributed by atoms with E-state index in [1.165, 1.54) is 0 Å². The summed E-state index contributed by atoms with van der Waals surface area (Å²) in [7, 11) is -3.02. The van der Waals surface area contributed by atoms with Crippen LogP contribution in [0.25, 0.3) is 0 Å². The SMILES string of the molecule is CCNP(=O)(OCC)OSCC. The normalized spacial score (nSPS) is 15.9. The van der Waals surface area contributed by atoms with Crippen LogP contribution in [0, 0.1) is 0 Å². The molecule has 0 amide bonds. The quantitative estimate of drug-likeness (QED) is 0.520. The molecule has 6 heteroatoms. The molecule has 0 radical (unpaired) electrons. The van der Waals surface area contributed by atoms with Crippen molar-refractivity contribution in [2.75, 3.05) is 18.9 Å². The van der Waals surface area contributed by atoms with E-state index >= 15 is 0 Å². The maximum Gasteiger partial charge on any atom is 0.416 e. The summed E-state index contributed by atoms with van der Waals surface area (Å²) < 4.78 is 21.6. The zero-order valence-corrected chi connectivity index (χ0v) is 9.41. The second kappa shape index (κ2) is 6.92. The average molecular weight is 213 g/mol. The van der Waals surface area contributed by atoms with E-state index in [0.717, 1.165) is 17.8 Å². The molecule has 1 atom stereocenters. The Bertz CT molecular complexity index is 146. The van der Waals surface area contributed by atoms with Crippen molar-refractivity contribution in [3.05, 3.63) is 0 Å². The molecule has 0 aromatic rings. The van der Waals surface area contributed by atoms with E-state index in [-0.39, 0.29) is 0 Å². The molecular weight excluding hydrogens is 197 g/mol. The summed E-state index contributed by atoms with van der Waals surface area (Å²) in [6, 6.07) is 0. The zero-order chi connectivity index (χ0) is 9.45. The van der Waals surface area contributed by atoms with E-state index in [4.69, 9.17) is 8.49 Å². The van der Waals surface area contributed by atoms with Gasteiger partial charge in [0.05, 0.1) is 6.61 Å². The first kappa shape index (κ1) is 12.5. The Hall–Kier alpha value is 0.460. The van der Waals surface area contributed by atoms with Gasteiger partial charge in [0.1, 0.15) is 0 Å². The van der Waals surface area contributed by atoms with E-state index in [1.807, 2.05) is 13.8 Å². The van der Waals surface area contributed by atoms with Gasteiger partial charge >= 0.3 is 7.75 Å². The van der Waals surface area contributed by atoms with Crippen molar-refractivity contribution in [1.29, 1.82) is 0 Å². The molecule has 0 aliphatic carbocycles. The summed E-state index contributed by atoms with van der Waals surface area (Å²) in [6.45, 7) is 6.51. The van der Waals surface area contributed by atoms with Gasteiger partial charge in [0, 0.05) is 24.3 Å². The van der Waals surface area contributed by atoms with Crippen LogP contribution in [0.2, 0.25) is 0 Å². The third-order valence-electron chi connectivity index (χ3n) is 0.920. The van der Waals surface area contributed by atoms with Crippen LogP contribution in [0.15, 0.2) is 0 Å². The molecule has 0 aliphatic rings. The minimum Gasteiger partial charge on any atom is -0.296 e. The van der Waals surface area contributed by atoms with Gasteiger partial charge in [-0.3, -0.25) is 4.52 Å². The smallest absolute Gasteiger partial charge is 0.296 e. The first-order valence-electron chi connectivity index (χ1n) is 3.99. The Labute approximate surface area is 78.2 Å². The molecule has 12 heavy (non-hydrogen) atoms. The number of rotatable bonds is 7. The van der Waals surface area contributed by atoms with E-state index in [1.54, 1.807) is 6.92 Å². The average Bonchev–Trinajstić information content (AvgIpc) is 2.02. The molecule has 0 saturated carbocycles. The zero-order valence-electron chi connectivity index (χ0n) is 7.70. The Morgan fingerprint density at radius 1 is 1.42 bits per heavy atom. The molecule has 4 nitrogen and oxygen atoms in total. The van der Waals surface area contributed by atoms with E-state index in [2.05, 4.69) is 5.09 Å². The van der Waals surface area contributed by atoms with Crippen LogP contribution in [-0.4, -0.2) is 18.9 Å². The van der Waals surface area contributed by atoms with Gasteiger partial charge < -0.3 is 0 Å². The van der Waals surface area contributed by atoms with E-state index in [0.29, 0.717) is 13.2 Å². The van der Waals surface area contributed by atoms with Crippen molar-refractivity contribution >= 4 is 19.8 Å². The summed E-state index contributed by atoms with van der Waals surface area (Å²) in [4.78, 5) is 0. The molecular formula is C6H16NO3PS. The monoisotopic (exact) mass is 213 g/mol. The van der Waals surface area contributed by atoms with Crippen molar-refractivity contribution in [3.8, 4) is 0 Å². The fourth-order valence-corrected chi connectivity index (χ4v) is 2.76. The number of hydrogen-bond acceptors (Lipinski definition) is 4. The Kier molecular flexibility index (Phi) is 7.19. The number of nitrogens with one attached hydrogen (secondary N) is 1. The van der Waals surface area contributed by atoms with Crippen molar-refractivity contribution in [2.24, 2.45) is 0 Å². The Morgan fingerprint density at radius 3 is 2.50 bits per heavy atom. The molecule has 0 bridgehead atoms. The van der Waals surface area contributed by atoms with E-state index < -0.39 is 7.75 Å². The summed E-state index contributed by atoms with van der Waals surface area (Å²) in [5, 5.41) is 2.68. The van der Waals surface area contributed by atoms with E-state index in [9.17, 15) is 4.57 Å². The highest BCUT2D eigenvalue weighted by Gasteiger charge is 2.22. The van der Waals surface area contributed by atoms with Crippen LogP contribution in [0.3, 0.4) is 0 Å². The second-order valence-corrected chi connectivity index (χ2v) is 4.89. The summed E-state index contributed by atoms with van der Waals surface area (Å²) >= 11 is 1.14. The maximum atomic E-state index is 11.6. The highest BCUT2D eigenvalue weighted by molar-refractivity contribution is 7.98. The first-order valence-corrected chi connectivity index (χ1v) is 6.44. The molecule has 0 fully saturated rings. The molecule has 0 saturated heterocycles. The van der Waals surface area contributed by atoms with Gasteiger partial charge in [-0.1, -0.05) is 13.8 Å². The molecule has 0 aromatic carbocycles. The molecule has 0 aliphatic heterocycles. The topological polar surface area (TPSA) is 47.6 Å². The van der Waals surface area contributed by atoms with Crippen molar-refractivity contribution < 1.29 is 13.1 Å². The lowest BCUT2D eigenvalue weighted by molar-refractivity contribution is 0.280.